The zero-order valence-corrected chi connectivity index (χ0v) is 18.9. The fraction of sp³-hybridized carbons (Fsp3) is 0.240. The minimum absolute atomic E-state index is 0.0157. The van der Waals surface area contributed by atoms with Crippen molar-refractivity contribution in [3.8, 4) is 11.1 Å². The molecule has 164 valence electrons. The van der Waals surface area contributed by atoms with Crippen LogP contribution in [0.5, 0.6) is 0 Å². The third-order valence-corrected chi connectivity index (χ3v) is 5.78. The number of rotatable bonds is 8. The fourth-order valence-electron chi connectivity index (χ4n) is 3.78. The lowest BCUT2D eigenvalue weighted by molar-refractivity contribution is -0.132. The number of ether oxygens (including phenoxy) is 1. The average Bonchev–Trinajstić information content (AvgIpc) is 3.26. The summed E-state index contributed by atoms with van der Waals surface area (Å²) in [5, 5.41) is 5.28. The second kappa shape index (κ2) is 9.94. The summed E-state index contributed by atoms with van der Waals surface area (Å²) in [5.41, 5.74) is 4.45. The topological polar surface area (TPSA) is 59.7 Å². The maximum absolute atomic E-state index is 13.5. The molecule has 1 amide bonds. The van der Waals surface area contributed by atoms with Gasteiger partial charge in [-0.25, -0.2) is 9.50 Å². The first-order valence-electron chi connectivity index (χ1n) is 10.4. The molecule has 0 radical (unpaired) electrons. The first kappa shape index (κ1) is 22.0. The van der Waals surface area contributed by atoms with E-state index in [0.29, 0.717) is 30.2 Å². The summed E-state index contributed by atoms with van der Waals surface area (Å²) in [4.78, 5) is 19.8. The van der Waals surface area contributed by atoms with Crippen LogP contribution < -0.4 is 0 Å². The molecule has 0 aliphatic rings. The van der Waals surface area contributed by atoms with Gasteiger partial charge in [-0.15, -0.1) is 0 Å². The normalized spacial score (nSPS) is 12.1. The number of carbonyl (C=O) groups excluding carboxylic acids is 1. The zero-order chi connectivity index (χ0) is 22.5. The van der Waals surface area contributed by atoms with Crippen molar-refractivity contribution in [2.45, 2.75) is 12.3 Å². The molecule has 0 bridgehead atoms. The van der Waals surface area contributed by atoms with Crippen molar-refractivity contribution >= 4 is 23.2 Å². The van der Waals surface area contributed by atoms with Gasteiger partial charge in [-0.2, -0.15) is 5.10 Å². The first-order chi connectivity index (χ1) is 15.6. The second-order valence-corrected chi connectivity index (χ2v) is 8.10. The van der Waals surface area contributed by atoms with Gasteiger partial charge in [0.05, 0.1) is 24.4 Å². The monoisotopic (exact) mass is 448 g/mol. The van der Waals surface area contributed by atoms with E-state index in [4.69, 9.17) is 16.3 Å². The van der Waals surface area contributed by atoms with Gasteiger partial charge in [0.2, 0.25) is 5.91 Å². The molecule has 4 aromatic rings. The van der Waals surface area contributed by atoms with E-state index in [1.54, 1.807) is 36.0 Å². The summed E-state index contributed by atoms with van der Waals surface area (Å²) in [6.07, 6.45) is 4.09. The van der Waals surface area contributed by atoms with Gasteiger partial charge >= 0.3 is 0 Å². The van der Waals surface area contributed by atoms with Crippen LogP contribution >= 0.6 is 11.6 Å². The van der Waals surface area contributed by atoms with E-state index < -0.39 is 5.92 Å². The average molecular weight is 449 g/mol. The minimum Gasteiger partial charge on any atom is -0.383 e. The SMILES string of the molecule is COCCN(C)C(=O)C(Cc1ccccc1)c1ccnc2c(-c3ccc(Cl)cc3)cnn12. The van der Waals surface area contributed by atoms with E-state index in [1.807, 2.05) is 60.7 Å². The Morgan fingerprint density at radius 3 is 2.59 bits per heavy atom. The molecule has 0 saturated heterocycles. The van der Waals surface area contributed by atoms with Crippen LogP contribution in [-0.2, 0) is 16.0 Å². The molecular formula is C25H25ClN4O2. The number of methoxy groups -OCH3 is 1. The highest BCUT2D eigenvalue weighted by atomic mass is 35.5. The van der Waals surface area contributed by atoms with Crippen molar-refractivity contribution in [1.29, 1.82) is 0 Å². The predicted octanol–water partition coefficient (Wildman–Crippen LogP) is 4.48. The van der Waals surface area contributed by atoms with Crippen molar-refractivity contribution in [3.63, 3.8) is 0 Å². The molecule has 0 N–H and O–H groups in total. The number of hydrogen-bond acceptors (Lipinski definition) is 4. The Morgan fingerprint density at radius 2 is 1.88 bits per heavy atom. The van der Waals surface area contributed by atoms with E-state index in [1.165, 1.54) is 0 Å². The number of aromatic nitrogens is 3. The molecule has 7 heteroatoms. The van der Waals surface area contributed by atoms with Crippen molar-refractivity contribution in [1.82, 2.24) is 19.5 Å². The van der Waals surface area contributed by atoms with Gasteiger partial charge in [0.25, 0.3) is 0 Å². The van der Waals surface area contributed by atoms with E-state index in [2.05, 4.69) is 10.1 Å². The number of benzene rings is 2. The Morgan fingerprint density at radius 1 is 1.12 bits per heavy atom. The summed E-state index contributed by atoms with van der Waals surface area (Å²) in [5.74, 6) is -0.398. The highest BCUT2D eigenvalue weighted by Gasteiger charge is 2.27. The standard InChI is InChI=1S/C25H25ClN4O2/c1-29(14-15-32-2)25(31)21(16-18-6-4-3-5-7-18)23-12-13-27-24-22(17-28-30(23)24)19-8-10-20(26)11-9-19/h3-13,17,21H,14-16H2,1-2H3. The fourth-order valence-corrected chi connectivity index (χ4v) is 3.91. The van der Waals surface area contributed by atoms with E-state index in [-0.39, 0.29) is 5.91 Å². The molecule has 0 saturated carbocycles. The van der Waals surface area contributed by atoms with Gasteiger partial charge in [-0.1, -0.05) is 54.1 Å². The van der Waals surface area contributed by atoms with Crippen LogP contribution in [0.2, 0.25) is 5.02 Å². The highest BCUT2D eigenvalue weighted by molar-refractivity contribution is 6.30. The van der Waals surface area contributed by atoms with E-state index >= 15 is 0 Å². The van der Waals surface area contributed by atoms with Gasteiger partial charge < -0.3 is 9.64 Å². The molecule has 6 nitrogen and oxygen atoms in total. The number of halogens is 1. The molecule has 0 aliphatic carbocycles. The smallest absolute Gasteiger partial charge is 0.231 e. The van der Waals surface area contributed by atoms with Gasteiger partial charge in [-0.05, 0) is 35.7 Å². The van der Waals surface area contributed by atoms with Crippen molar-refractivity contribution < 1.29 is 9.53 Å². The summed E-state index contributed by atoms with van der Waals surface area (Å²) < 4.78 is 6.94. The Labute approximate surface area is 192 Å². The molecule has 2 heterocycles. The van der Waals surface area contributed by atoms with E-state index in [0.717, 1.165) is 22.4 Å². The van der Waals surface area contributed by atoms with E-state index in [9.17, 15) is 4.79 Å². The minimum atomic E-state index is -0.414. The Hall–Kier alpha value is -3.22. The van der Waals surface area contributed by atoms with Crippen molar-refractivity contribution in [2.24, 2.45) is 0 Å². The van der Waals surface area contributed by atoms with Crippen LogP contribution in [0.4, 0.5) is 0 Å². The van der Waals surface area contributed by atoms with Gasteiger partial charge in [0.15, 0.2) is 5.65 Å². The number of fused-ring (bicyclic) bond motifs is 1. The molecule has 2 aromatic heterocycles. The van der Waals surface area contributed by atoms with Crippen molar-refractivity contribution in [3.05, 3.63) is 89.3 Å². The largest absolute Gasteiger partial charge is 0.383 e. The molecular weight excluding hydrogens is 424 g/mol. The van der Waals surface area contributed by atoms with Crippen LogP contribution in [0, 0.1) is 0 Å². The number of hydrogen-bond donors (Lipinski definition) is 0. The summed E-state index contributed by atoms with van der Waals surface area (Å²) >= 11 is 6.05. The van der Waals surface area contributed by atoms with Crippen molar-refractivity contribution in [2.75, 3.05) is 27.3 Å². The molecule has 32 heavy (non-hydrogen) atoms. The molecule has 0 fully saturated rings. The number of carbonyl (C=O) groups is 1. The maximum atomic E-state index is 13.5. The summed E-state index contributed by atoms with van der Waals surface area (Å²) in [6, 6.07) is 19.5. The lowest BCUT2D eigenvalue weighted by atomic mass is 9.94. The maximum Gasteiger partial charge on any atom is 0.231 e. The zero-order valence-electron chi connectivity index (χ0n) is 18.1. The lowest BCUT2D eigenvalue weighted by Crippen LogP contribution is -2.35. The highest BCUT2D eigenvalue weighted by Crippen LogP contribution is 2.29. The third-order valence-electron chi connectivity index (χ3n) is 5.53. The molecule has 1 unspecified atom stereocenters. The Balaban J connectivity index is 1.77. The summed E-state index contributed by atoms with van der Waals surface area (Å²) in [6.45, 7) is 0.999. The molecule has 0 aliphatic heterocycles. The van der Waals surface area contributed by atoms with Gasteiger partial charge in [-0.3, -0.25) is 4.79 Å². The summed E-state index contributed by atoms with van der Waals surface area (Å²) in [7, 11) is 3.44. The number of amides is 1. The lowest BCUT2D eigenvalue weighted by Gasteiger charge is -2.24. The Bertz CT molecular complexity index is 1190. The first-order valence-corrected chi connectivity index (χ1v) is 10.8. The number of likely N-dealkylation sites (N-methyl/N-ethyl adjacent to an activating group) is 1. The van der Waals surface area contributed by atoms with Gasteiger partial charge in [0, 0.05) is 37.5 Å². The molecule has 4 rings (SSSR count). The second-order valence-electron chi connectivity index (χ2n) is 7.67. The molecule has 1 atom stereocenters. The quantitative estimate of drug-likeness (QED) is 0.398. The van der Waals surface area contributed by atoms with Crippen LogP contribution in [0.25, 0.3) is 16.8 Å². The third kappa shape index (κ3) is 4.66. The van der Waals surface area contributed by atoms with Crippen LogP contribution in [-0.4, -0.2) is 52.7 Å². The molecule has 0 spiro atoms. The Kier molecular flexibility index (Phi) is 6.83. The molecule has 2 aromatic carbocycles. The predicted molar refractivity (Wildman–Crippen MR) is 126 cm³/mol. The van der Waals surface area contributed by atoms with Crippen LogP contribution in [0.15, 0.2) is 73.1 Å². The van der Waals surface area contributed by atoms with Crippen LogP contribution in [0.1, 0.15) is 17.2 Å². The van der Waals surface area contributed by atoms with Crippen LogP contribution in [0.3, 0.4) is 0 Å². The number of nitrogens with zero attached hydrogens (tertiary/aromatic N) is 4. The van der Waals surface area contributed by atoms with Gasteiger partial charge in [0.1, 0.15) is 0 Å².